The number of amides is 1. The van der Waals surface area contributed by atoms with Crippen LogP contribution in [0.4, 0.5) is 14.6 Å². The summed E-state index contributed by atoms with van der Waals surface area (Å²) in [6.07, 6.45) is 3.43. The van der Waals surface area contributed by atoms with E-state index in [-0.39, 0.29) is 33.6 Å². The van der Waals surface area contributed by atoms with Gasteiger partial charge >= 0.3 is 5.69 Å². The van der Waals surface area contributed by atoms with Gasteiger partial charge in [0.2, 0.25) is 5.91 Å². The van der Waals surface area contributed by atoms with Crippen LogP contribution in [-0.4, -0.2) is 89.5 Å². The largest absolute Gasteiger partial charge is 0.380 e. The molecule has 3 fully saturated rings. The van der Waals surface area contributed by atoms with Gasteiger partial charge in [-0.2, -0.15) is 4.98 Å². The molecule has 4 aliphatic heterocycles. The van der Waals surface area contributed by atoms with Gasteiger partial charge < -0.3 is 19.4 Å². The van der Waals surface area contributed by atoms with Crippen molar-refractivity contribution in [2.45, 2.75) is 36.7 Å². The summed E-state index contributed by atoms with van der Waals surface area (Å²) in [5, 5.41) is 0.695. The van der Waals surface area contributed by atoms with E-state index in [2.05, 4.69) is 16.5 Å². The Morgan fingerprint density at radius 2 is 1.89 bits per heavy atom. The number of hydrogen-bond donors (Lipinski definition) is 0. The number of carbonyl (C=O) groups is 1. The van der Waals surface area contributed by atoms with E-state index in [0.29, 0.717) is 64.5 Å². The Morgan fingerprint density at radius 1 is 1.13 bits per heavy atom. The average Bonchev–Trinajstić information content (AvgIpc) is 3.00. The molecule has 1 aromatic heterocycles. The van der Waals surface area contributed by atoms with Gasteiger partial charge in [0.1, 0.15) is 17.5 Å². The number of ether oxygens (including phenoxy) is 1. The number of benzene rings is 2. The Bertz CT molecular complexity index is 1770. The lowest BCUT2D eigenvalue weighted by atomic mass is 9.77. The Kier molecular flexibility index (Phi) is 8.13. The number of carbonyl (C=O) groups excluding carboxylic acids is 1. The smallest absolute Gasteiger partial charge is 0.350 e. The first-order valence-corrected chi connectivity index (χ1v) is 16.9. The molecule has 2 atom stereocenters. The van der Waals surface area contributed by atoms with Crippen LogP contribution in [0.15, 0.2) is 40.5 Å². The third-order valence-electron chi connectivity index (χ3n) is 9.75. The van der Waals surface area contributed by atoms with E-state index in [1.54, 1.807) is 15.5 Å². The standard InChI is InChI=1S/C32H33Cl2F2N5O3S/c1-3-26(42)39-8-9-40(18(2)13-39)30-21-11-23(34)27(20-10-22(33)25(36)12-24(20)35)29-28(21)41(31(43)37-30)19(15-45-29)14-38-6-4-32(5-7-38)16-44-17-32/h3,10-12,18-19H,1,4-9,13-17H2,2H3/t18-,19-/m0/s1. The van der Waals surface area contributed by atoms with Gasteiger partial charge in [0.25, 0.3) is 0 Å². The monoisotopic (exact) mass is 675 g/mol. The predicted octanol–water partition coefficient (Wildman–Crippen LogP) is 5.63. The summed E-state index contributed by atoms with van der Waals surface area (Å²) in [4.78, 5) is 37.8. The molecular weight excluding hydrogens is 643 g/mol. The molecule has 1 amide bonds. The first kappa shape index (κ1) is 30.9. The fourth-order valence-corrected chi connectivity index (χ4v) is 9.01. The molecular formula is C32H33Cl2F2N5O3S. The number of rotatable bonds is 5. The van der Waals surface area contributed by atoms with Crippen molar-refractivity contribution in [3.05, 3.63) is 63.0 Å². The maximum absolute atomic E-state index is 15.3. The van der Waals surface area contributed by atoms with Crippen molar-refractivity contribution in [1.82, 2.24) is 19.4 Å². The number of nitrogens with zero attached hydrogens (tertiary/aromatic N) is 5. The minimum absolute atomic E-state index is 0.0700. The van der Waals surface area contributed by atoms with Crippen LogP contribution in [0.5, 0.6) is 0 Å². The zero-order valence-corrected chi connectivity index (χ0v) is 27.2. The number of piperidine rings is 1. The van der Waals surface area contributed by atoms with Crippen LogP contribution >= 0.6 is 35.0 Å². The van der Waals surface area contributed by atoms with E-state index in [4.69, 9.17) is 27.9 Å². The van der Waals surface area contributed by atoms with Crippen molar-refractivity contribution in [1.29, 1.82) is 0 Å². The summed E-state index contributed by atoms with van der Waals surface area (Å²) in [6, 6.07) is 3.41. The molecule has 0 radical (unpaired) electrons. The maximum atomic E-state index is 15.3. The molecule has 238 valence electrons. The van der Waals surface area contributed by atoms with Crippen LogP contribution in [0.1, 0.15) is 25.8 Å². The average molecular weight is 677 g/mol. The van der Waals surface area contributed by atoms with Crippen LogP contribution in [0.2, 0.25) is 10.0 Å². The second kappa shape index (κ2) is 11.8. The summed E-state index contributed by atoms with van der Waals surface area (Å²) in [5.41, 5.74) is 0.967. The van der Waals surface area contributed by atoms with Crippen molar-refractivity contribution < 1.29 is 18.3 Å². The molecule has 3 aromatic rings. The Morgan fingerprint density at radius 3 is 2.56 bits per heavy atom. The van der Waals surface area contributed by atoms with Gasteiger partial charge in [-0.05, 0) is 51.1 Å². The molecule has 3 saturated heterocycles. The number of thioether (sulfide) groups is 1. The number of piperazine rings is 1. The molecule has 2 aromatic carbocycles. The van der Waals surface area contributed by atoms with Crippen molar-refractivity contribution in [2.75, 3.05) is 63.1 Å². The van der Waals surface area contributed by atoms with E-state index in [1.165, 1.54) is 23.9 Å². The lowest BCUT2D eigenvalue weighted by Gasteiger charge is -2.48. The van der Waals surface area contributed by atoms with Gasteiger partial charge in [0.15, 0.2) is 0 Å². The van der Waals surface area contributed by atoms with Crippen molar-refractivity contribution >= 4 is 57.6 Å². The van der Waals surface area contributed by atoms with Crippen LogP contribution < -0.4 is 10.6 Å². The van der Waals surface area contributed by atoms with E-state index >= 15 is 4.39 Å². The highest BCUT2D eigenvalue weighted by Gasteiger charge is 2.42. The van der Waals surface area contributed by atoms with Gasteiger partial charge in [-0.1, -0.05) is 29.8 Å². The maximum Gasteiger partial charge on any atom is 0.350 e. The fourth-order valence-electron chi connectivity index (χ4n) is 7.17. The van der Waals surface area contributed by atoms with Crippen molar-refractivity contribution in [3.8, 4) is 11.1 Å². The zero-order valence-electron chi connectivity index (χ0n) is 24.8. The molecule has 7 rings (SSSR count). The molecule has 0 saturated carbocycles. The molecule has 45 heavy (non-hydrogen) atoms. The van der Waals surface area contributed by atoms with Gasteiger partial charge in [-0.25, -0.2) is 13.6 Å². The highest BCUT2D eigenvalue weighted by atomic mass is 35.5. The first-order chi connectivity index (χ1) is 21.6. The molecule has 13 heteroatoms. The quantitative estimate of drug-likeness (QED) is 0.257. The highest BCUT2D eigenvalue weighted by molar-refractivity contribution is 7.99. The first-order valence-electron chi connectivity index (χ1n) is 15.1. The van der Waals surface area contributed by atoms with Crippen LogP contribution in [0, 0.1) is 17.0 Å². The Labute approximate surface area is 273 Å². The minimum Gasteiger partial charge on any atom is -0.380 e. The van der Waals surface area contributed by atoms with Crippen molar-refractivity contribution in [2.24, 2.45) is 5.41 Å². The molecule has 5 heterocycles. The summed E-state index contributed by atoms with van der Waals surface area (Å²) in [6.45, 7) is 11.1. The SMILES string of the molecule is C=CC(=O)N1CCN(c2nc(=O)n3c4c(c(-c5cc(Cl)c(F)cc5F)c(Cl)cc24)SC[C@@H]3CN2CCC3(CC2)COC3)[C@@H](C)C1. The van der Waals surface area contributed by atoms with E-state index < -0.39 is 17.3 Å². The van der Waals surface area contributed by atoms with Crippen LogP contribution in [0.25, 0.3) is 22.0 Å². The normalized spacial score (nSPS) is 23.0. The third-order valence-corrected chi connectivity index (χ3v) is 11.6. The van der Waals surface area contributed by atoms with Gasteiger partial charge in [-0.3, -0.25) is 9.36 Å². The molecule has 1 spiro atoms. The molecule has 4 aliphatic rings. The summed E-state index contributed by atoms with van der Waals surface area (Å²) in [5.74, 6) is -0.774. The zero-order chi connectivity index (χ0) is 31.6. The number of halogens is 4. The van der Waals surface area contributed by atoms with Crippen LogP contribution in [-0.2, 0) is 9.53 Å². The fraction of sp³-hybridized carbons (Fsp3) is 0.469. The van der Waals surface area contributed by atoms with Gasteiger partial charge in [-0.15, -0.1) is 11.8 Å². The van der Waals surface area contributed by atoms with Gasteiger partial charge in [0, 0.05) is 70.9 Å². The summed E-state index contributed by atoms with van der Waals surface area (Å²) in [7, 11) is 0. The van der Waals surface area contributed by atoms with E-state index in [1.807, 2.05) is 11.8 Å². The minimum atomic E-state index is -0.862. The molecule has 0 aliphatic carbocycles. The number of hydrogen-bond acceptors (Lipinski definition) is 7. The summed E-state index contributed by atoms with van der Waals surface area (Å²) < 4.78 is 36.7. The second-order valence-corrected chi connectivity index (χ2v) is 14.4. The Hall–Kier alpha value is -2.70. The molecule has 0 unspecified atom stereocenters. The topological polar surface area (TPSA) is 70.9 Å². The second-order valence-electron chi connectivity index (χ2n) is 12.6. The predicted molar refractivity (Wildman–Crippen MR) is 174 cm³/mol. The van der Waals surface area contributed by atoms with Gasteiger partial charge in [0.05, 0.1) is 34.8 Å². The lowest BCUT2D eigenvalue weighted by Crippen LogP contribution is -2.54. The molecule has 0 N–H and O–H groups in total. The third kappa shape index (κ3) is 5.34. The highest BCUT2D eigenvalue weighted by Crippen LogP contribution is 2.49. The number of likely N-dealkylation sites (tertiary alicyclic amines) is 1. The van der Waals surface area contributed by atoms with E-state index in [9.17, 15) is 14.0 Å². The van der Waals surface area contributed by atoms with Crippen LogP contribution in [0.3, 0.4) is 0 Å². The van der Waals surface area contributed by atoms with Crippen molar-refractivity contribution in [3.63, 3.8) is 0 Å². The Balaban J connectivity index is 1.35. The number of aromatic nitrogens is 2. The lowest BCUT2D eigenvalue weighted by molar-refractivity contribution is -0.140. The van der Waals surface area contributed by atoms with E-state index in [0.717, 1.165) is 45.2 Å². The number of anilines is 1. The summed E-state index contributed by atoms with van der Waals surface area (Å²) >= 11 is 14.6. The molecule has 0 bridgehead atoms. The molecule has 8 nitrogen and oxygen atoms in total.